The molecule has 17 heavy (non-hydrogen) atoms. The third-order valence-electron chi connectivity index (χ3n) is 1.99. The molecule has 2 rings (SSSR count). The van der Waals surface area contributed by atoms with Crippen molar-refractivity contribution in [2.75, 3.05) is 10.5 Å². The summed E-state index contributed by atoms with van der Waals surface area (Å²) in [7, 11) is -3.68. The summed E-state index contributed by atoms with van der Waals surface area (Å²) in [6.45, 7) is 1.67. The van der Waals surface area contributed by atoms with E-state index in [9.17, 15) is 8.42 Å². The molecule has 0 aliphatic rings. The van der Waals surface area contributed by atoms with Gasteiger partial charge in [-0.05, 0) is 19.1 Å². The lowest BCUT2D eigenvalue weighted by molar-refractivity contribution is 0.598. The molecule has 0 unspecified atom stereocenters. The first-order valence-corrected chi connectivity index (χ1v) is 6.22. The molecule has 0 aliphatic heterocycles. The second-order valence-electron chi connectivity index (χ2n) is 3.42. The number of nitrogens with one attached hydrogen (secondary N) is 2. The molecule has 0 fully saturated rings. The fourth-order valence-corrected chi connectivity index (χ4v) is 2.17. The second-order valence-corrected chi connectivity index (χ2v) is 5.07. The first-order chi connectivity index (χ1) is 7.97. The fourth-order valence-electron chi connectivity index (χ4n) is 1.19. The number of aromatic nitrogens is 3. The van der Waals surface area contributed by atoms with Crippen LogP contribution in [-0.2, 0) is 10.0 Å². The minimum atomic E-state index is -3.68. The van der Waals surface area contributed by atoms with Gasteiger partial charge in [0.1, 0.15) is 11.6 Å². The van der Waals surface area contributed by atoms with Gasteiger partial charge in [0.05, 0.1) is 18.1 Å². The quantitative estimate of drug-likeness (QED) is 0.736. The van der Waals surface area contributed by atoms with Crippen LogP contribution in [0.3, 0.4) is 0 Å². The van der Waals surface area contributed by atoms with E-state index in [1.54, 1.807) is 13.0 Å². The van der Waals surface area contributed by atoms with E-state index in [1.807, 2.05) is 0 Å². The van der Waals surface area contributed by atoms with Gasteiger partial charge in [0, 0.05) is 0 Å². The molecule has 2 aromatic heterocycles. The van der Waals surface area contributed by atoms with Gasteiger partial charge in [-0.25, -0.2) is 9.97 Å². The third kappa shape index (κ3) is 2.53. The molecule has 0 radical (unpaired) electrons. The zero-order valence-corrected chi connectivity index (χ0v) is 9.82. The smallest absolute Gasteiger partial charge is 0.280 e. The maximum Gasteiger partial charge on any atom is 0.280 e. The van der Waals surface area contributed by atoms with Gasteiger partial charge in [0.2, 0.25) is 0 Å². The summed E-state index contributed by atoms with van der Waals surface area (Å²) >= 11 is 0. The van der Waals surface area contributed by atoms with Crippen LogP contribution in [0, 0.1) is 6.92 Å². The van der Waals surface area contributed by atoms with Crippen LogP contribution in [0.15, 0.2) is 29.6 Å². The van der Waals surface area contributed by atoms with Gasteiger partial charge in [-0.3, -0.25) is 4.72 Å². The topological polar surface area (TPSA) is 114 Å². The van der Waals surface area contributed by atoms with Crippen LogP contribution < -0.4 is 10.5 Å². The number of aromatic amines is 1. The highest BCUT2D eigenvalue weighted by Gasteiger charge is 2.16. The first-order valence-electron chi connectivity index (χ1n) is 4.73. The van der Waals surface area contributed by atoms with Crippen LogP contribution in [0.4, 0.5) is 11.5 Å². The third-order valence-corrected chi connectivity index (χ3v) is 3.26. The number of nitrogens with two attached hydrogens (primary N) is 1. The van der Waals surface area contributed by atoms with E-state index in [-0.39, 0.29) is 10.8 Å². The summed E-state index contributed by atoms with van der Waals surface area (Å²) in [5.41, 5.74) is 5.91. The molecule has 0 aliphatic carbocycles. The van der Waals surface area contributed by atoms with Crippen molar-refractivity contribution in [3.05, 3.63) is 30.4 Å². The molecule has 4 N–H and O–H groups in total. The largest absolute Gasteiger partial charge is 0.397 e. The number of imidazole rings is 1. The maximum atomic E-state index is 11.8. The number of nitrogens with zero attached hydrogens (tertiary/aromatic N) is 2. The molecule has 0 bridgehead atoms. The SMILES string of the molecule is Cc1ncc(S(=O)(=O)Nc2ccc(N)cn2)[nH]1. The zero-order valence-electron chi connectivity index (χ0n) is 9.01. The van der Waals surface area contributed by atoms with E-state index in [0.29, 0.717) is 11.5 Å². The predicted octanol–water partition coefficient (Wildman–Crippen LogP) is 0.496. The van der Waals surface area contributed by atoms with E-state index < -0.39 is 10.0 Å². The van der Waals surface area contributed by atoms with Crippen molar-refractivity contribution in [3.8, 4) is 0 Å². The Morgan fingerprint density at radius 2 is 2.06 bits per heavy atom. The van der Waals surface area contributed by atoms with E-state index >= 15 is 0 Å². The summed E-state index contributed by atoms with van der Waals surface area (Å²) < 4.78 is 26.0. The van der Waals surface area contributed by atoms with Gasteiger partial charge in [-0.1, -0.05) is 0 Å². The van der Waals surface area contributed by atoms with Crippen molar-refractivity contribution in [1.82, 2.24) is 15.0 Å². The van der Waals surface area contributed by atoms with Gasteiger partial charge in [-0.15, -0.1) is 0 Å². The molecule has 0 atom stereocenters. The Labute approximate surface area is 98.2 Å². The predicted molar refractivity (Wildman–Crippen MR) is 62.8 cm³/mol. The summed E-state index contributed by atoms with van der Waals surface area (Å²) in [6.07, 6.45) is 2.62. The molecular formula is C9H11N5O2S. The Hall–Kier alpha value is -2.09. The fraction of sp³-hybridized carbons (Fsp3) is 0.111. The van der Waals surface area contributed by atoms with Crippen LogP contribution in [0.5, 0.6) is 0 Å². The molecule has 2 heterocycles. The molecule has 0 amide bonds. The molecule has 7 nitrogen and oxygen atoms in total. The van der Waals surface area contributed by atoms with E-state index in [0.717, 1.165) is 0 Å². The average molecular weight is 253 g/mol. The van der Waals surface area contributed by atoms with Crippen LogP contribution in [0.1, 0.15) is 5.82 Å². The first kappa shape index (κ1) is 11.4. The Morgan fingerprint density at radius 3 is 2.59 bits per heavy atom. The highest BCUT2D eigenvalue weighted by atomic mass is 32.2. The van der Waals surface area contributed by atoms with Gasteiger partial charge >= 0.3 is 0 Å². The number of pyridine rings is 1. The molecule has 0 spiro atoms. The van der Waals surface area contributed by atoms with Crippen LogP contribution >= 0.6 is 0 Å². The summed E-state index contributed by atoms with van der Waals surface area (Å²) in [4.78, 5) is 10.3. The Morgan fingerprint density at radius 1 is 1.29 bits per heavy atom. The number of aryl methyl sites for hydroxylation is 1. The molecule has 0 saturated carbocycles. The summed E-state index contributed by atoms with van der Waals surface area (Å²) in [5.74, 6) is 0.724. The highest BCUT2D eigenvalue weighted by Crippen LogP contribution is 2.12. The minimum Gasteiger partial charge on any atom is -0.397 e. The number of hydrogen-bond acceptors (Lipinski definition) is 5. The van der Waals surface area contributed by atoms with Crippen molar-refractivity contribution in [1.29, 1.82) is 0 Å². The maximum absolute atomic E-state index is 11.8. The lowest BCUT2D eigenvalue weighted by Crippen LogP contribution is -2.14. The van der Waals surface area contributed by atoms with Crippen molar-refractivity contribution in [2.24, 2.45) is 0 Å². The molecule has 90 valence electrons. The lowest BCUT2D eigenvalue weighted by atomic mass is 10.4. The zero-order chi connectivity index (χ0) is 12.5. The van der Waals surface area contributed by atoms with Crippen LogP contribution in [-0.4, -0.2) is 23.4 Å². The number of hydrogen-bond donors (Lipinski definition) is 3. The number of nitrogen functional groups attached to an aromatic ring is 1. The van der Waals surface area contributed by atoms with Gasteiger partial charge in [-0.2, -0.15) is 8.42 Å². The molecule has 0 aromatic carbocycles. The Bertz CT molecular complexity index is 617. The van der Waals surface area contributed by atoms with Gasteiger partial charge in [0.15, 0.2) is 5.03 Å². The van der Waals surface area contributed by atoms with Crippen molar-refractivity contribution in [2.45, 2.75) is 11.9 Å². The van der Waals surface area contributed by atoms with E-state index in [4.69, 9.17) is 5.73 Å². The standard InChI is InChI=1S/C9H11N5O2S/c1-6-11-5-9(13-6)17(15,16)14-8-3-2-7(10)4-12-8/h2-5H,10H2,1H3,(H,11,13)(H,12,14). The highest BCUT2D eigenvalue weighted by molar-refractivity contribution is 7.92. The number of H-pyrrole nitrogens is 1. The van der Waals surface area contributed by atoms with E-state index in [1.165, 1.54) is 18.5 Å². The monoisotopic (exact) mass is 253 g/mol. The van der Waals surface area contributed by atoms with Crippen molar-refractivity contribution in [3.63, 3.8) is 0 Å². The van der Waals surface area contributed by atoms with Gasteiger partial charge in [0.25, 0.3) is 10.0 Å². The Balaban J connectivity index is 2.26. The number of sulfonamides is 1. The normalized spacial score (nSPS) is 11.4. The van der Waals surface area contributed by atoms with Crippen LogP contribution in [0.2, 0.25) is 0 Å². The summed E-state index contributed by atoms with van der Waals surface area (Å²) in [5, 5.41) is -0.00590. The summed E-state index contributed by atoms with van der Waals surface area (Å²) in [6, 6.07) is 3.04. The minimum absolute atomic E-state index is 0.00590. The Kier molecular flexibility index (Phi) is 2.72. The average Bonchev–Trinajstić information content (AvgIpc) is 2.69. The number of rotatable bonds is 3. The molecule has 2 aromatic rings. The molecule has 0 saturated heterocycles. The molecular weight excluding hydrogens is 242 g/mol. The molecule has 8 heteroatoms. The van der Waals surface area contributed by atoms with Crippen molar-refractivity contribution < 1.29 is 8.42 Å². The van der Waals surface area contributed by atoms with Crippen molar-refractivity contribution >= 4 is 21.5 Å². The second kappa shape index (κ2) is 4.06. The van der Waals surface area contributed by atoms with Crippen LogP contribution in [0.25, 0.3) is 0 Å². The lowest BCUT2D eigenvalue weighted by Gasteiger charge is -2.04. The van der Waals surface area contributed by atoms with Gasteiger partial charge < -0.3 is 10.7 Å². The number of anilines is 2. The van der Waals surface area contributed by atoms with E-state index in [2.05, 4.69) is 19.7 Å².